The summed E-state index contributed by atoms with van der Waals surface area (Å²) in [7, 11) is 0. The topological polar surface area (TPSA) is 26.0 Å². The summed E-state index contributed by atoms with van der Waals surface area (Å²) in [5.41, 5.74) is 9.48. The summed E-state index contributed by atoms with van der Waals surface area (Å²) in [6, 6.07) is 13.2. The molecule has 3 heteroatoms. The van der Waals surface area contributed by atoms with Crippen LogP contribution in [0.5, 0.6) is 0 Å². The average Bonchev–Trinajstić information content (AvgIpc) is 2.42. The van der Waals surface area contributed by atoms with Gasteiger partial charge in [0.25, 0.3) is 0 Å². The quantitative estimate of drug-likeness (QED) is 0.840. The molecule has 1 nitrogen and oxygen atoms in total. The first-order valence-electron chi connectivity index (χ1n) is 6.77. The number of halogens is 2. The molecule has 106 valence electrons. The zero-order valence-electron chi connectivity index (χ0n) is 11.7. The highest BCUT2D eigenvalue weighted by Crippen LogP contribution is 2.27. The molecule has 0 bridgehead atoms. The molecule has 0 saturated carbocycles. The lowest BCUT2D eigenvalue weighted by Crippen LogP contribution is -2.14. The molecule has 2 aromatic carbocycles. The minimum atomic E-state index is -0.270. The predicted molar refractivity (Wildman–Crippen MR) is 85.3 cm³/mol. The van der Waals surface area contributed by atoms with Gasteiger partial charge < -0.3 is 5.73 Å². The van der Waals surface area contributed by atoms with E-state index in [0.29, 0.717) is 16.8 Å². The minimum absolute atomic E-state index is 0.218. The van der Waals surface area contributed by atoms with Crippen LogP contribution in [0.25, 0.3) is 0 Å². The van der Waals surface area contributed by atoms with Crippen molar-refractivity contribution in [2.45, 2.75) is 32.2 Å². The van der Waals surface area contributed by atoms with Crippen molar-refractivity contribution in [2.24, 2.45) is 5.73 Å². The average molecular weight is 336 g/mol. The molecular formula is C17H19BrFN. The van der Waals surface area contributed by atoms with E-state index in [2.05, 4.69) is 54.0 Å². The Morgan fingerprint density at radius 3 is 2.35 bits per heavy atom. The second kappa shape index (κ2) is 6.51. The van der Waals surface area contributed by atoms with Crippen molar-refractivity contribution in [3.63, 3.8) is 0 Å². The molecule has 0 spiro atoms. The third-order valence-electron chi connectivity index (χ3n) is 3.48. The van der Waals surface area contributed by atoms with E-state index < -0.39 is 0 Å². The Kier molecular flexibility index (Phi) is 4.95. The van der Waals surface area contributed by atoms with Crippen LogP contribution in [0.15, 0.2) is 46.9 Å². The number of benzene rings is 2. The van der Waals surface area contributed by atoms with Gasteiger partial charge in [-0.2, -0.15) is 0 Å². The fourth-order valence-corrected chi connectivity index (χ4v) is 2.77. The number of hydrogen-bond donors (Lipinski definition) is 1. The van der Waals surface area contributed by atoms with Gasteiger partial charge in [0.05, 0.1) is 4.47 Å². The highest BCUT2D eigenvalue weighted by Gasteiger charge is 2.13. The molecule has 2 rings (SSSR count). The molecule has 0 aliphatic rings. The largest absolute Gasteiger partial charge is 0.324 e. The van der Waals surface area contributed by atoms with E-state index in [-0.39, 0.29) is 11.9 Å². The second-order valence-electron chi connectivity index (χ2n) is 5.35. The Labute approximate surface area is 128 Å². The first-order valence-corrected chi connectivity index (χ1v) is 7.56. The van der Waals surface area contributed by atoms with Crippen LogP contribution in [-0.2, 0) is 6.42 Å². The monoisotopic (exact) mass is 335 g/mol. The first-order chi connectivity index (χ1) is 9.49. The van der Waals surface area contributed by atoms with E-state index in [4.69, 9.17) is 5.73 Å². The molecule has 20 heavy (non-hydrogen) atoms. The highest BCUT2D eigenvalue weighted by atomic mass is 79.9. The molecule has 2 N–H and O–H groups in total. The number of hydrogen-bond acceptors (Lipinski definition) is 1. The van der Waals surface area contributed by atoms with Gasteiger partial charge in [-0.15, -0.1) is 0 Å². The summed E-state index contributed by atoms with van der Waals surface area (Å²) in [5, 5.41) is 0. The normalized spacial score (nSPS) is 12.7. The summed E-state index contributed by atoms with van der Waals surface area (Å²) in [6.45, 7) is 4.34. The summed E-state index contributed by atoms with van der Waals surface area (Å²) >= 11 is 3.27. The van der Waals surface area contributed by atoms with Gasteiger partial charge in [-0.1, -0.05) is 50.2 Å². The third kappa shape index (κ3) is 3.47. The lowest BCUT2D eigenvalue weighted by molar-refractivity contribution is 0.610. The maximum Gasteiger partial charge on any atom is 0.137 e. The van der Waals surface area contributed by atoms with Crippen LogP contribution in [-0.4, -0.2) is 0 Å². The smallest absolute Gasteiger partial charge is 0.137 e. The zero-order chi connectivity index (χ0) is 14.7. The predicted octanol–water partition coefficient (Wildman–Crippen LogP) is 4.95. The van der Waals surface area contributed by atoms with Crippen molar-refractivity contribution in [3.05, 3.63) is 69.4 Å². The summed E-state index contributed by atoms with van der Waals surface area (Å²) in [6.07, 6.45) is 0.695. The maximum atomic E-state index is 13.5. The molecule has 0 saturated heterocycles. The van der Waals surface area contributed by atoms with Crippen LogP contribution < -0.4 is 5.73 Å². The van der Waals surface area contributed by atoms with Crippen molar-refractivity contribution < 1.29 is 4.39 Å². The van der Waals surface area contributed by atoms with Crippen molar-refractivity contribution in [1.29, 1.82) is 0 Å². The molecule has 2 aromatic rings. The Balaban J connectivity index is 2.15. The minimum Gasteiger partial charge on any atom is -0.324 e. The fourth-order valence-electron chi connectivity index (χ4n) is 2.21. The van der Waals surface area contributed by atoms with Crippen molar-refractivity contribution in [3.8, 4) is 0 Å². The molecule has 0 amide bonds. The van der Waals surface area contributed by atoms with Crippen LogP contribution in [0.2, 0.25) is 0 Å². The van der Waals surface area contributed by atoms with E-state index in [1.807, 2.05) is 6.07 Å². The first kappa shape index (κ1) is 15.2. The van der Waals surface area contributed by atoms with Gasteiger partial charge in [-0.05, 0) is 51.0 Å². The van der Waals surface area contributed by atoms with Crippen molar-refractivity contribution in [1.82, 2.24) is 0 Å². The second-order valence-corrected chi connectivity index (χ2v) is 6.14. The Hall–Kier alpha value is -1.19. The van der Waals surface area contributed by atoms with Gasteiger partial charge in [0.15, 0.2) is 0 Å². The van der Waals surface area contributed by atoms with E-state index in [1.54, 1.807) is 6.07 Å². The summed E-state index contributed by atoms with van der Waals surface area (Å²) < 4.78 is 14.0. The van der Waals surface area contributed by atoms with E-state index >= 15 is 0 Å². The molecule has 0 heterocycles. The lowest BCUT2D eigenvalue weighted by atomic mass is 9.96. The van der Waals surface area contributed by atoms with E-state index in [9.17, 15) is 4.39 Å². The van der Waals surface area contributed by atoms with E-state index in [0.717, 1.165) is 11.1 Å². The maximum absolute atomic E-state index is 13.5. The fraction of sp³-hybridized carbons (Fsp3) is 0.294. The Bertz CT molecular complexity index is 578. The highest BCUT2D eigenvalue weighted by molar-refractivity contribution is 9.10. The standard InChI is InChI=1S/C17H19BrFN/c1-11(2)13-8-6-12(7-9-13)10-16(20)14-4-3-5-15(19)17(14)18/h3-9,11,16H,10,20H2,1-2H3. The SMILES string of the molecule is CC(C)c1ccc(CC(N)c2cccc(F)c2Br)cc1. The van der Waals surface area contributed by atoms with Gasteiger partial charge in [0.2, 0.25) is 0 Å². The summed E-state index contributed by atoms with van der Waals surface area (Å²) in [4.78, 5) is 0. The summed E-state index contributed by atoms with van der Waals surface area (Å²) in [5.74, 6) is 0.253. The van der Waals surface area contributed by atoms with Gasteiger partial charge in [0.1, 0.15) is 5.82 Å². The van der Waals surface area contributed by atoms with Gasteiger partial charge in [-0.3, -0.25) is 0 Å². The molecule has 1 unspecified atom stereocenters. The van der Waals surface area contributed by atoms with Crippen molar-refractivity contribution in [2.75, 3.05) is 0 Å². The third-order valence-corrected chi connectivity index (χ3v) is 4.32. The van der Waals surface area contributed by atoms with Crippen LogP contribution in [0.3, 0.4) is 0 Å². The molecule has 0 aliphatic carbocycles. The molecular weight excluding hydrogens is 317 g/mol. The van der Waals surface area contributed by atoms with Gasteiger partial charge >= 0.3 is 0 Å². The van der Waals surface area contributed by atoms with Crippen molar-refractivity contribution >= 4 is 15.9 Å². The zero-order valence-corrected chi connectivity index (χ0v) is 13.3. The van der Waals surface area contributed by atoms with Crippen LogP contribution in [0, 0.1) is 5.82 Å². The molecule has 0 aliphatic heterocycles. The molecule has 1 atom stereocenters. The number of rotatable bonds is 4. The van der Waals surface area contributed by atoms with Crippen LogP contribution in [0.1, 0.15) is 42.5 Å². The Morgan fingerprint density at radius 2 is 1.75 bits per heavy atom. The molecule has 0 fully saturated rings. The van der Waals surface area contributed by atoms with E-state index in [1.165, 1.54) is 11.6 Å². The van der Waals surface area contributed by atoms with Gasteiger partial charge in [-0.25, -0.2) is 4.39 Å². The van der Waals surface area contributed by atoms with Crippen LogP contribution >= 0.6 is 15.9 Å². The lowest BCUT2D eigenvalue weighted by Gasteiger charge is -2.15. The number of nitrogens with two attached hydrogens (primary N) is 1. The van der Waals surface area contributed by atoms with Crippen LogP contribution in [0.4, 0.5) is 4.39 Å². The van der Waals surface area contributed by atoms with Gasteiger partial charge in [0, 0.05) is 6.04 Å². The molecule has 0 aromatic heterocycles. The molecule has 0 radical (unpaired) electrons. The Morgan fingerprint density at radius 1 is 1.10 bits per heavy atom.